The summed E-state index contributed by atoms with van der Waals surface area (Å²) in [5.41, 5.74) is 9.04. The van der Waals surface area contributed by atoms with E-state index in [4.69, 9.17) is 18.6 Å². The Balaban J connectivity index is 1.16. The lowest BCUT2D eigenvalue weighted by Gasteiger charge is -2.33. The molecule has 0 atom stereocenters. The molecule has 0 amide bonds. The standard InChI is InChI=1S/C38H22BNO4/c1-5-13-31-26(9-1)39-27-10-2-6-14-32(27)43-36-22-23(21-35(42-31)37(36)39)24-17-18-30(38-25(24)19-20-41-38)40-28-11-3-7-15-33(28)44-34-16-8-4-12-29(34)40/h1-22H. The summed E-state index contributed by atoms with van der Waals surface area (Å²) in [6.07, 6.45) is 1.76. The lowest BCUT2D eigenvalue weighted by atomic mass is 9.35. The smallest absolute Gasteiger partial charge is 0.260 e. The summed E-state index contributed by atoms with van der Waals surface area (Å²) in [4.78, 5) is 2.21. The zero-order valence-electron chi connectivity index (χ0n) is 23.4. The Labute approximate surface area is 253 Å². The summed E-state index contributed by atoms with van der Waals surface area (Å²) >= 11 is 0. The average molecular weight is 567 g/mol. The van der Waals surface area contributed by atoms with Crippen LogP contribution in [0.5, 0.6) is 34.5 Å². The highest BCUT2D eigenvalue weighted by Gasteiger charge is 2.40. The zero-order chi connectivity index (χ0) is 28.8. The minimum Gasteiger partial charge on any atom is -0.462 e. The quantitative estimate of drug-likeness (QED) is 0.196. The molecule has 1 aromatic heterocycles. The molecular weight excluding hydrogens is 545 g/mol. The highest BCUT2D eigenvalue weighted by atomic mass is 16.5. The Kier molecular flexibility index (Phi) is 4.74. The van der Waals surface area contributed by atoms with E-state index >= 15 is 0 Å². The number of furan rings is 1. The SMILES string of the molecule is c1ccc2c(c1)Oc1cc(-c3ccc(N4c5ccccc5Oc5ccccc54)c4occc34)cc3c1B2c1ccccc1O3. The largest absolute Gasteiger partial charge is 0.462 e. The molecule has 0 saturated carbocycles. The molecule has 0 bridgehead atoms. The molecule has 10 rings (SSSR count). The summed E-state index contributed by atoms with van der Waals surface area (Å²) in [6, 6.07) is 43.3. The van der Waals surface area contributed by atoms with Gasteiger partial charge in [0.1, 0.15) is 23.0 Å². The van der Waals surface area contributed by atoms with Gasteiger partial charge in [0.25, 0.3) is 6.71 Å². The van der Waals surface area contributed by atoms with E-state index in [0.717, 1.165) is 90.0 Å². The van der Waals surface area contributed by atoms with Gasteiger partial charge in [-0.15, -0.1) is 0 Å². The van der Waals surface area contributed by atoms with Gasteiger partial charge in [0, 0.05) is 10.8 Å². The third kappa shape index (κ3) is 3.25. The Morgan fingerprint density at radius 2 is 1.02 bits per heavy atom. The lowest BCUT2D eigenvalue weighted by Crippen LogP contribution is -2.57. The van der Waals surface area contributed by atoms with Gasteiger partial charge in [-0.1, -0.05) is 66.7 Å². The van der Waals surface area contributed by atoms with Crippen LogP contribution in [0.4, 0.5) is 17.1 Å². The van der Waals surface area contributed by atoms with Crippen LogP contribution in [-0.2, 0) is 0 Å². The Hall–Kier alpha value is -5.88. The lowest BCUT2D eigenvalue weighted by molar-refractivity contribution is 0.465. The number of rotatable bonds is 2. The van der Waals surface area contributed by atoms with Gasteiger partial charge in [0.15, 0.2) is 17.1 Å². The maximum atomic E-state index is 6.57. The van der Waals surface area contributed by atoms with E-state index in [2.05, 4.69) is 65.6 Å². The number of hydrogen-bond donors (Lipinski definition) is 0. The summed E-state index contributed by atoms with van der Waals surface area (Å²) in [5.74, 6) is 4.97. The summed E-state index contributed by atoms with van der Waals surface area (Å²) in [7, 11) is 0. The van der Waals surface area contributed by atoms with Crippen LogP contribution in [-0.4, -0.2) is 6.71 Å². The second-order valence-corrected chi connectivity index (χ2v) is 11.3. The summed E-state index contributed by atoms with van der Waals surface area (Å²) in [6.45, 7) is 0.0433. The van der Waals surface area contributed by atoms with E-state index in [1.54, 1.807) is 6.26 Å². The maximum Gasteiger partial charge on any atom is 0.260 e. The number of ether oxygens (including phenoxy) is 3. The molecule has 0 saturated heterocycles. The van der Waals surface area contributed by atoms with Crippen molar-refractivity contribution in [1.82, 2.24) is 0 Å². The van der Waals surface area contributed by atoms with Gasteiger partial charge < -0.3 is 18.6 Å². The fourth-order valence-corrected chi connectivity index (χ4v) is 6.99. The third-order valence-corrected chi connectivity index (χ3v) is 8.87. The molecule has 7 aromatic rings. The first kappa shape index (κ1) is 23.7. The first-order chi connectivity index (χ1) is 21.8. The summed E-state index contributed by atoms with van der Waals surface area (Å²) < 4.78 is 25.6. The van der Waals surface area contributed by atoms with Crippen LogP contribution in [0.25, 0.3) is 22.1 Å². The summed E-state index contributed by atoms with van der Waals surface area (Å²) in [5, 5.41) is 1.00. The number of nitrogens with zero attached hydrogens (tertiary/aromatic N) is 1. The van der Waals surface area contributed by atoms with Crippen LogP contribution in [0.1, 0.15) is 0 Å². The molecule has 6 aromatic carbocycles. The molecule has 0 aliphatic carbocycles. The number of hydrogen-bond acceptors (Lipinski definition) is 5. The second kappa shape index (κ2) is 8.82. The number of benzene rings is 6. The fraction of sp³-hybridized carbons (Fsp3) is 0. The van der Waals surface area contributed by atoms with Gasteiger partial charge in [0.2, 0.25) is 0 Å². The molecule has 0 radical (unpaired) electrons. The van der Waals surface area contributed by atoms with Crippen LogP contribution in [0.15, 0.2) is 138 Å². The Morgan fingerprint density at radius 1 is 0.477 bits per heavy atom. The van der Waals surface area contributed by atoms with Crippen LogP contribution >= 0.6 is 0 Å². The van der Waals surface area contributed by atoms with Crippen molar-refractivity contribution in [2.24, 2.45) is 0 Å². The first-order valence-corrected chi connectivity index (χ1v) is 14.7. The molecule has 0 fully saturated rings. The molecule has 3 aliphatic heterocycles. The molecule has 0 N–H and O–H groups in total. The van der Waals surface area contributed by atoms with Crippen LogP contribution in [0.2, 0.25) is 0 Å². The molecule has 5 nitrogen and oxygen atoms in total. The Bertz CT molecular complexity index is 2190. The van der Waals surface area contributed by atoms with E-state index in [9.17, 15) is 0 Å². The maximum absolute atomic E-state index is 6.57. The van der Waals surface area contributed by atoms with Gasteiger partial charge in [-0.3, -0.25) is 4.90 Å². The number of para-hydroxylation sites is 6. The molecule has 206 valence electrons. The van der Waals surface area contributed by atoms with Gasteiger partial charge in [0.05, 0.1) is 23.3 Å². The van der Waals surface area contributed by atoms with Crippen molar-refractivity contribution in [2.45, 2.75) is 0 Å². The van der Waals surface area contributed by atoms with Crippen molar-refractivity contribution in [2.75, 3.05) is 4.90 Å². The third-order valence-electron chi connectivity index (χ3n) is 8.87. The predicted octanol–water partition coefficient (Wildman–Crippen LogP) is 8.40. The molecule has 0 spiro atoms. The van der Waals surface area contributed by atoms with E-state index in [0.29, 0.717) is 0 Å². The molecule has 3 aliphatic rings. The highest BCUT2D eigenvalue weighted by molar-refractivity contribution is 6.98. The monoisotopic (exact) mass is 567 g/mol. The van der Waals surface area contributed by atoms with Crippen molar-refractivity contribution in [1.29, 1.82) is 0 Å². The van der Waals surface area contributed by atoms with Crippen LogP contribution in [0.3, 0.4) is 0 Å². The van der Waals surface area contributed by atoms with Gasteiger partial charge in [-0.2, -0.15) is 0 Å². The van der Waals surface area contributed by atoms with Crippen LogP contribution < -0.4 is 35.5 Å². The second-order valence-electron chi connectivity index (χ2n) is 11.3. The highest BCUT2D eigenvalue weighted by Crippen LogP contribution is 2.52. The fourth-order valence-electron chi connectivity index (χ4n) is 6.99. The number of fused-ring (bicyclic) bond motifs is 7. The zero-order valence-corrected chi connectivity index (χ0v) is 23.4. The van der Waals surface area contributed by atoms with Crippen molar-refractivity contribution >= 4 is 51.1 Å². The van der Waals surface area contributed by atoms with Crippen LogP contribution in [0, 0.1) is 0 Å². The average Bonchev–Trinajstić information content (AvgIpc) is 3.57. The minimum absolute atomic E-state index is 0.0433. The normalized spacial score (nSPS) is 13.5. The van der Waals surface area contributed by atoms with E-state index in [1.165, 1.54) is 0 Å². The van der Waals surface area contributed by atoms with Crippen molar-refractivity contribution in [3.05, 3.63) is 134 Å². The Morgan fingerprint density at radius 3 is 1.66 bits per heavy atom. The number of anilines is 3. The minimum atomic E-state index is 0.0433. The van der Waals surface area contributed by atoms with Gasteiger partial charge in [-0.05, 0) is 82.7 Å². The predicted molar refractivity (Wildman–Crippen MR) is 174 cm³/mol. The van der Waals surface area contributed by atoms with E-state index in [-0.39, 0.29) is 6.71 Å². The van der Waals surface area contributed by atoms with E-state index in [1.807, 2.05) is 66.7 Å². The molecule has 0 unspecified atom stereocenters. The topological polar surface area (TPSA) is 44.1 Å². The van der Waals surface area contributed by atoms with Gasteiger partial charge in [-0.25, -0.2) is 0 Å². The van der Waals surface area contributed by atoms with Crippen molar-refractivity contribution in [3.63, 3.8) is 0 Å². The van der Waals surface area contributed by atoms with Crippen molar-refractivity contribution in [3.8, 4) is 45.6 Å². The molecular formula is C38H22BNO4. The molecule has 6 heteroatoms. The molecule has 44 heavy (non-hydrogen) atoms. The molecule has 4 heterocycles. The van der Waals surface area contributed by atoms with Gasteiger partial charge >= 0.3 is 0 Å². The van der Waals surface area contributed by atoms with E-state index < -0.39 is 0 Å². The van der Waals surface area contributed by atoms with Crippen molar-refractivity contribution < 1.29 is 18.6 Å². The first-order valence-electron chi connectivity index (χ1n) is 14.7.